The fourth-order valence-corrected chi connectivity index (χ4v) is 2.77. The second-order valence-electron chi connectivity index (χ2n) is 4.93. The van der Waals surface area contributed by atoms with Gasteiger partial charge in [-0.2, -0.15) is 0 Å². The van der Waals surface area contributed by atoms with Crippen LogP contribution in [-0.2, 0) is 6.42 Å². The van der Waals surface area contributed by atoms with Crippen molar-refractivity contribution in [1.82, 2.24) is 9.97 Å². The van der Waals surface area contributed by atoms with Crippen LogP contribution < -0.4 is 10.2 Å². The van der Waals surface area contributed by atoms with Crippen molar-refractivity contribution >= 4 is 23.0 Å². The molecular formula is C15H22N4S. The number of anilines is 2. The molecule has 0 bridgehead atoms. The normalized spacial score (nSPS) is 12.2. The molecule has 5 heteroatoms. The molecule has 1 N–H and O–H groups in total. The van der Waals surface area contributed by atoms with Crippen molar-refractivity contribution in [3.63, 3.8) is 0 Å². The largest absolute Gasteiger partial charge is 0.369 e. The quantitative estimate of drug-likeness (QED) is 0.848. The van der Waals surface area contributed by atoms with Gasteiger partial charge < -0.3 is 10.2 Å². The maximum absolute atomic E-state index is 4.62. The number of rotatable bonds is 7. The van der Waals surface area contributed by atoms with Crippen molar-refractivity contribution in [2.75, 3.05) is 23.8 Å². The molecule has 4 nitrogen and oxygen atoms in total. The molecule has 0 spiro atoms. The number of hydrogen-bond acceptors (Lipinski definition) is 5. The predicted octanol–water partition coefficient (Wildman–Crippen LogP) is 3.43. The van der Waals surface area contributed by atoms with Crippen molar-refractivity contribution in [3.8, 4) is 0 Å². The Labute approximate surface area is 124 Å². The highest BCUT2D eigenvalue weighted by Gasteiger charge is 2.13. The van der Waals surface area contributed by atoms with Gasteiger partial charge in [0.05, 0.1) is 12.4 Å². The summed E-state index contributed by atoms with van der Waals surface area (Å²) in [5.41, 5.74) is 0. The van der Waals surface area contributed by atoms with Crippen molar-refractivity contribution in [1.29, 1.82) is 0 Å². The van der Waals surface area contributed by atoms with Gasteiger partial charge in [-0.25, -0.2) is 4.98 Å². The lowest BCUT2D eigenvalue weighted by Gasteiger charge is -2.25. The highest BCUT2D eigenvalue weighted by Crippen LogP contribution is 2.18. The molecule has 2 rings (SSSR count). The molecule has 1 atom stereocenters. The van der Waals surface area contributed by atoms with Gasteiger partial charge in [-0.05, 0) is 24.8 Å². The summed E-state index contributed by atoms with van der Waals surface area (Å²) in [5.74, 6) is 1.76. The minimum Gasteiger partial charge on any atom is -0.369 e. The molecule has 0 fully saturated rings. The van der Waals surface area contributed by atoms with Crippen molar-refractivity contribution < 1.29 is 0 Å². The standard InChI is InChI=1S/C15H22N4S/c1-4-7-17-14-10-16-11-15(18-14)19(3)12(2)9-13-6-5-8-20-13/h5-6,8,10-12H,4,7,9H2,1-3H3,(H,17,18). The van der Waals surface area contributed by atoms with E-state index in [1.165, 1.54) is 4.88 Å². The van der Waals surface area contributed by atoms with Crippen LogP contribution >= 0.6 is 11.3 Å². The van der Waals surface area contributed by atoms with E-state index in [1.54, 1.807) is 17.5 Å². The number of hydrogen-bond donors (Lipinski definition) is 1. The van der Waals surface area contributed by atoms with E-state index in [9.17, 15) is 0 Å². The van der Waals surface area contributed by atoms with E-state index in [4.69, 9.17) is 0 Å². The Morgan fingerprint density at radius 1 is 1.40 bits per heavy atom. The van der Waals surface area contributed by atoms with Gasteiger partial charge in [-0.15, -0.1) is 11.3 Å². The number of aromatic nitrogens is 2. The summed E-state index contributed by atoms with van der Waals surface area (Å²) in [6.07, 6.45) is 5.71. The monoisotopic (exact) mass is 290 g/mol. The Hall–Kier alpha value is -1.62. The highest BCUT2D eigenvalue weighted by atomic mass is 32.1. The first kappa shape index (κ1) is 14.8. The van der Waals surface area contributed by atoms with Crippen LogP contribution in [0.1, 0.15) is 25.1 Å². The second-order valence-corrected chi connectivity index (χ2v) is 5.96. The van der Waals surface area contributed by atoms with Crippen molar-refractivity contribution in [2.45, 2.75) is 32.7 Å². The minimum atomic E-state index is 0.393. The molecule has 0 aliphatic heterocycles. The molecule has 1 unspecified atom stereocenters. The third-order valence-corrected chi connectivity index (χ3v) is 4.18. The lowest BCUT2D eigenvalue weighted by molar-refractivity contribution is 0.679. The first-order valence-electron chi connectivity index (χ1n) is 7.01. The van der Waals surface area contributed by atoms with Crippen LogP contribution in [0.4, 0.5) is 11.6 Å². The molecule has 108 valence electrons. The third-order valence-electron chi connectivity index (χ3n) is 3.28. The smallest absolute Gasteiger partial charge is 0.149 e. The van der Waals surface area contributed by atoms with Crippen molar-refractivity contribution in [2.24, 2.45) is 0 Å². The summed E-state index contributed by atoms with van der Waals surface area (Å²) in [7, 11) is 2.08. The Kier molecular flexibility index (Phi) is 5.35. The lowest BCUT2D eigenvalue weighted by atomic mass is 10.2. The summed E-state index contributed by atoms with van der Waals surface area (Å²) >= 11 is 1.80. The Morgan fingerprint density at radius 3 is 2.95 bits per heavy atom. The molecule has 0 radical (unpaired) electrons. The predicted molar refractivity (Wildman–Crippen MR) is 86.7 cm³/mol. The summed E-state index contributed by atoms with van der Waals surface area (Å²) in [5, 5.41) is 5.40. The summed E-state index contributed by atoms with van der Waals surface area (Å²) in [6.45, 7) is 5.28. The Bertz CT molecular complexity index is 512. The van der Waals surface area contributed by atoms with E-state index in [0.29, 0.717) is 6.04 Å². The average Bonchev–Trinajstić information content (AvgIpc) is 2.97. The molecule has 0 saturated carbocycles. The molecule has 0 amide bonds. The topological polar surface area (TPSA) is 41.1 Å². The van der Waals surface area contributed by atoms with Gasteiger partial charge in [-0.1, -0.05) is 13.0 Å². The second kappa shape index (κ2) is 7.24. The first-order valence-corrected chi connectivity index (χ1v) is 7.89. The zero-order valence-electron chi connectivity index (χ0n) is 12.3. The van der Waals surface area contributed by atoms with E-state index in [2.05, 4.69) is 58.6 Å². The van der Waals surface area contributed by atoms with Gasteiger partial charge in [0.25, 0.3) is 0 Å². The minimum absolute atomic E-state index is 0.393. The Morgan fingerprint density at radius 2 is 2.25 bits per heavy atom. The van der Waals surface area contributed by atoms with Crippen LogP contribution in [0.15, 0.2) is 29.9 Å². The fraction of sp³-hybridized carbons (Fsp3) is 0.467. The van der Waals surface area contributed by atoms with Crippen LogP contribution in [0.2, 0.25) is 0 Å². The van der Waals surface area contributed by atoms with E-state index >= 15 is 0 Å². The van der Waals surface area contributed by atoms with Gasteiger partial charge in [-0.3, -0.25) is 4.98 Å². The van der Waals surface area contributed by atoms with Crippen LogP contribution in [0.3, 0.4) is 0 Å². The molecule has 2 aromatic heterocycles. The van der Waals surface area contributed by atoms with Gasteiger partial charge in [0, 0.05) is 30.9 Å². The molecule has 0 saturated heterocycles. The maximum atomic E-state index is 4.62. The van der Waals surface area contributed by atoms with Gasteiger partial charge >= 0.3 is 0 Å². The zero-order valence-corrected chi connectivity index (χ0v) is 13.2. The molecular weight excluding hydrogens is 268 g/mol. The summed E-state index contributed by atoms with van der Waals surface area (Å²) in [6, 6.07) is 4.67. The van der Waals surface area contributed by atoms with E-state index < -0.39 is 0 Å². The molecule has 20 heavy (non-hydrogen) atoms. The van der Waals surface area contributed by atoms with E-state index in [1.807, 2.05) is 6.20 Å². The third kappa shape index (κ3) is 3.93. The molecule has 0 aromatic carbocycles. The number of likely N-dealkylation sites (N-methyl/N-ethyl adjacent to an activating group) is 1. The SMILES string of the molecule is CCCNc1cncc(N(C)C(C)Cc2cccs2)n1. The summed E-state index contributed by atoms with van der Waals surface area (Å²) in [4.78, 5) is 12.5. The fourth-order valence-electron chi connectivity index (χ4n) is 1.95. The highest BCUT2D eigenvalue weighted by molar-refractivity contribution is 7.09. The van der Waals surface area contributed by atoms with E-state index in [0.717, 1.165) is 31.0 Å². The van der Waals surface area contributed by atoms with Crippen LogP contribution in [-0.4, -0.2) is 29.6 Å². The maximum Gasteiger partial charge on any atom is 0.149 e. The molecule has 0 aliphatic rings. The number of thiophene rings is 1. The summed E-state index contributed by atoms with van der Waals surface area (Å²) < 4.78 is 0. The molecule has 2 aromatic rings. The van der Waals surface area contributed by atoms with E-state index in [-0.39, 0.29) is 0 Å². The van der Waals surface area contributed by atoms with Gasteiger partial charge in [0.1, 0.15) is 11.6 Å². The number of nitrogens with one attached hydrogen (secondary N) is 1. The van der Waals surface area contributed by atoms with Gasteiger partial charge in [0.15, 0.2) is 0 Å². The zero-order chi connectivity index (χ0) is 14.4. The average molecular weight is 290 g/mol. The first-order chi connectivity index (χ1) is 9.70. The number of nitrogens with zero attached hydrogens (tertiary/aromatic N) is 3. The van der Waals surface area contributed by atoms with Gasteiger partial charge in [0.2, 0.25) is 0 Å². The molecule has 0 aliphatic carbocycles. The molecule has 2 heterocycles. The van der Waals surface area contributed by atoms with Crippen LogP contribution in [0, 0.1) is 0 Å². The Balaban J connectivity index is 2.02. The lowest BCUT2D eigenvalue weighted by Crippen LogP contribution is -2.31. The van der Waals surface area contributed by atoms with Crippen molar-refractivity contribution in [3.05, 3.63) is 34.8 Å². The van der Waals surface area contributed by atoms with Crippen LogP contribution in [0.25, 0.3) is 0 Å². The van der Waals surface area contributed by atoms with Crippen LogP contribution in [0.5, 0.6) is 0 Å².